The zero-order chi connectivity index (χ0) is 20.1. The van der Waals surface area contributed by atoms with Gasteiger partial charge in [0.15, 0.2) is 0 Å². The highest BCUT2D eigenvalue weighted by molar-refractivity contribution is 7.12. The van der Waals surface area contributed by atoms with Gasteiger partial charge in [-0.25, -0.2) is 4.79 Å². The molecule has 0 spiro atoms. The van der Waals surface area contributed by atoms with Crippen LogP contribution in [-0.4, -0.2) is 34.4 Å². The Hall–Kier alpha value is -3.00. The van der Waals surface area contributed by atoms with Gasteiger partial charge in [0.2, 0.25) is 0 Å². The fourth-order valence-corrected chi connectivity index (χ4v) is 4.07. The molecule has 7 nitrogen and oxygen atoms in total. The van der Waals surface area contributed by atoms with Gasteiger partial charge in [-0.1, -0.05) is 30.6 Å². The van der Waals surface area contributed by atoms with E-state index >= 15 is 0 Å². The van der Waals surface area contributed by atoms with Gasteiger partial charge in [0.1, 0.15) is 22.0 Å². The van der Waals surface area contributed by atoms with Gasteiger partial charge in [-0.3, -0.25) is 4.98 Å². The SMILES string of the molecule is COc1ccc(OC(=O)NC2CCCCC2)cc1-c1cncc(-c2nncs2)c1. The molecule has 1 fully saturated rings. The first kappa shape index (κ1) is 19.3. The topological polar surface area (TPSA) is 86.2 Å². The smallest absolute Gasteiger partial charge is 0.412 e. The summed E-state index contributed by atoms with van der Waals surface area (Å²) in [6, 6.07) is 7.47. The van der Waals surface area contributed by atoms with Gasteiger partial charge in [0.05, 0.1) is 7.11 Å². The zero-order valence-corrected chi connectivity index (χ0v) is 16.9. The van der Waals surface area contributed by atoms with E-state index in [1.807, 2.05) is 6.07 Å². The molecule has 0 radical (unpaired) electrons. The molecule has 1 N–H and O–H groups in total. The molecule has 4 rings (SSSR count). The summed E-state index contributed by atoms with van der Waals surface area (Å²) in [5.41, 5.74) is 4.18. The summed E-state index contributed by atoms with van der Waals surface area (Å²) in [7, 11) is 1.61. The van der Waals surface area contributed by atoms with Crippen molar-refractivity contribution in [2.45, 2.75) is 38.1 Å². The summed E-state index contributed by atoms with van der Waals surface area (Å²) in [4.78, 5) is 16.6. The van der Waals surface area contributed by atoms with E-state index in [0.717, 1.165) is 47.4 Å². The van der Waals surface area contributed by atoms with Gasteiger partial charge in [0, 0.05) is 35.1 Å². The summed E-state index contributed by atoms with van der Waals surface area (Å²) < 4.78 is 11.0. The van der Waals surface area contributed by atoms with Crippen molar-refractivity contribution in [2.24, 2.45) is 0 Å². The highest BCUT2D eigenvalue weighted by atomic mass is 32.1. The first-order chi connectivity index (χ1) is 14.2. The molecule has 150 valence electrons. The molecular weight excluding hydrogens is 388 g/mol. The van der Waals surface area contributed by atoms with Crippen LogP contribution in [-0.2, 0) is 0 Å². The minimum atomic E-state index is -0.422. The van der Waals surface area contributed by atoms with Crippen LogP contribution in [0.1, 0.15) is 32.1 Å². The van der Waals surface area contributed by atoms with Gasteiger partial charge in [-0.05, 0) is 37.1 Å². The molecule has 2 heterocycles. The maximum atomic E-state index is 12.3. The average molecular weight is 410 g/mol. The first-order valence-electron chi connectivity index (χ1n) is 9.61. The third-order valence-electron chi connectivity index (χ3n) is 4.96. The molecular formula is C21H22N4O3S. The average Bonchev–Trinajstić information content (AvgIpc) is 3.29. The Morgan fingerprint density at radius 1 is 1.14 bits per heavy atom. The van der Waals surface area contributed by atoms with Crippen LogP contribution >= 0.6 is 11.3 Å². The lowest BCUT2D eigenvalue weighted by Crippen LogP contribution is -2.37. The van der Waals surface area contributed by atoms with Crippen molar-refractivity contribution in [3.63, 3.8) is 0 Å². The maximum absolute atomic E-state index is 12.3. The molecule has 29 heavy (non-hydrogen) atoms. The summed E-state index contributed by atoms with van der Waals surface area (Å²) in [6.07, 6.45) is 8.61. The number of amides is 1. The van der Waals surface area contributed by atoms with E-state index < -0.39 is 6.09 Å². The second-order valence-corrected chi connectivity index (χ2v) is 7.77. The monoisotopic (exact) mass is 410 g/mol. The van der Waals surface area contributed by atoms with Crippen LogP contribution in [0.4, 0.5) is 4.79 Å². The van der Waals surface area contributed by atoms with E-state index in [4.69, 9.17) is 9.47 Å². The van der Waals surface area contributed by atoms with Crippen molar-refractivity contribution in [2.75, 3.05) is 7.11 Å². The second-order valence-electron chi connectivity index (χ2n) is 6.94. The molecule has 1 saturated carbocycles. The third kappa shape index (κ3) is 4.71. The van der Waals surface area contributed by atoms with E-state index in [-0.39, 0.29) is 6.04 Å². The molecule has 0 unspecified atom stereocenters. The Kier molecular flexibility index (Phi) is 6.00. The van der Waals surface area contributed by atoms with Crippen LogP contribution in [0.5, 0.6) is 11.5 Å². The van der Waals surface area contributed by atoms with Crippen LogP contribution in [0.25, 0.3) is 21.7 Å². The fraction of sp³-hybridized carbons (Fsp3) is 0.333. The standard InChI is InChI=1S/C21H22N4O3S/c1-27-19-8-7-17(28-21(26)24-16-5-3-2-4-6-16)10-18(19)14-9-15(12-22-11-14)20-25-23-13-29-20/h7-13,16H,2-6H2,1H3,(H,24,26). The van der Waals surface area contributed by atoms with Gasteiger partial charge in [-0.2, -0.15) is 0 Å². The van der Waals surface area contributed by atoms with E-state index in [1.54, 1.807) is 43.2 Å². The van der Waals surface area contributed by atoms with Gasteiger partial charge < -0.3 is 14.8 Å². The second kappa shape index (κ2) is 9.00. The Bertz CT molecular complexity index is 972. The normalized spacial score (nSPS) is 14.4. The molecule has 0 aliphatic heterocycles. The quantitative estimate of drug-likeness (QED) is 0.656. The molecule has 2 aromatic heterocycles. The highest BCUT2D eigenvalue weighted by Crippen LogP contribution is 2.35. The highest BCUT2D eigenvalue weighted by Gasteiger charge is 2.18. The van der Waals surface area contributed by atoms with Crippen molar-refractivity contribution in [1.29, 1.82) is 0 Å². The number of hydrogen-bond donors (Lipinski definition) is 1. The summed E-state index contributed by atoms with van der Waals surface area (Å²) in [6.45, 7) is 0. The lowest BCUT2D eigenvalue weighted by atomic mass is 9.96. The van der Waals surface area contributed by atoms with Crippen molar-refractivity contribution >= 4 is 17.4 Å². The Balaban J connectivity index is 1.55. The van der Waals surface area contributed by atoms with Gasteiger partial charge in [-0.15, -0.1) is 10.2 Å². The van der Waals surface area contributed by atoms with E-state index in [2.05, 4.69) is 20.5 Å². The van der Waals surface area contributed by atoms with Crippen LogP contribution in [0, 0.1) is 0 Å². The fourth-order valence-electron chi connectivity index (χ4n) is 3.53. The van der Waals surface area contributed by atoms with Crippen LogP contribution in [0.3, 0.4) is 0 Å². The Morgan fingerprint density at radius 2 is 1.97 bits per heavy atom. The first-order valence-corrected chi connectivity index (χ1v) is 10.5. The zero-order valence-electron chi connectivity index (χ0n) is 16.1. The number of methoxy groups -OCH3 is 1. The van der Waals surface area contributed by atoms with Crippen LogP contribution < -0.4 is 14.8 Å². The van der Waals surface area contributed by atoms with E-state index in [1.165, 1.54) is 17.8 Å². The molecule has 8 heteroatoms. The molecule has 0 bridgehead atoms. The predicted octanol–water partition coefficient (Wildman–Crippen LogP) is 4.70. The number of hydrogen-bond acceptors (Lipinski definition) is 7. The minimum Gasteiger partial charge on any atom is -0.496 e. The van der Waals surface area contributed by atoms with Gasteiger partial charge in [0.25, 0.3) is 0 Å². The molecule has 0 saturated heterocycles. The number of carbonyl (C=O) groups is 1. The Morgan fingerprint density at radius 3 is 2.72 bits per heavy atom. The lowest BCUT2D eigenvalue weighted by Gasteiger charge is -2.22. The molecule has 1 aliphatic carbocycles. The number of ether oxygens (including phenoxy) is 2. The molecule has 1 aliphatic rings. The number of nitrogens with zero attached hydrogens (tertiary/aromatic N) is 3. The molecule has 1 amide bonds. The number of rotatable bonds is 5. The van der Waals surface area contributed by atoms with Crippen molar-refractivity contribution < 1.29 is 14.3 Å². The summed E-state index contributed by atoms with van der Waals surface area (Å²) >= 11 is 1.45. The molecule has 1 aromatic carbocycles. The predicted molar refractivity (Wildman–Crippen MR) is 111 cm³/mol. The number of benzene rings is 1. The van der Waals surface area contributed by atoms with E-state index in [0.29, 0.717) is 11.5 Å². The van der Waals surface area contributed by atoms with E-state index in [9.17, 15) is 4.79 Å². The van der Waals surface area contributed by atoms with Gasteiger partial charge >= 0.3 is 6.09 Å². The maximum Gasteiger partial charge on any atom is 0.412 e. The van der Waals surface area contributed by atoms with Crippen LogP contribution in [0.2, 0.25) is 0 Å². The summed E-state index contributed by atoms with van der Waals surface area (Å²) in [5.74, 6) is 1.12. The molecule has 3 aromatic rings. The number of nitrogens with one attached hydrogen (secondary N) is 1. The number of pyridine rings is 1. The number of carbonyl (C=O) groups excluding carboxylic acids is 1. The van der Waals surface area contributed by atoms with Crippen molar-refractivity contribution in [3.05, 3.63) is 42.2 Å². The van der Waals surface area contributed by atoms with Crippen molar-refractivity contribution in [3.8, 4) is 33.2 Å². The molecule has 0 atom stereocenters. The third-order valence-corrected chi connectivity index (χ3v) is 5.71. The largest absolute Gasteiger partial charge is 0.496 e. The summed E-state index contributed by atoms with van der Waals surface area (Å²) in [5, 5.41) is 11.7. The van der Waals surface area contributed by atoms with Crippen molar-refractivity contribution in [1.82, 2.24) is 20.5 Å². The van der Waals surface area contributed by atoms with Crippen LogP contribution in [0.15, 0.2) is 42.2 Å². The number of aromatic nitrogens is 3. The lowest BCUT2D eigenvalue weighted by molar-refractivity contribution is 0.192. The minimum absolute atomic E-state index is 0.196. The Labute approximate surface area is 173 Å².